The molecule has 138 valence electrons. The largest absolute Gasteiger partial charge is 0.354 e. The molecule has 0 radical (unpaired) electrons. The Balaban J connectivity index is 2.45. The average molecular weight is 372 g/mol. The Bertz CT molecular complexity index is 463. The van der Waals surface area contributed by atoms with Crippen molar-refractivity contribution in [3.63, 3.8) is 0 Å². The van der Waals surface area contributed by atoms with E-state index in [2.05, 4.69) is 53.3 Å². The molecule has 0 aromatic carbocycles. The first-order chi connectivity index (χ1) is 11.4. The van der Waals surface area contributed by atoms with Gasteiger partial charge < -0.3 is 10.6 Å². The fourth-order valence-corrected chi connectivity index (χ4v) is 3.96. The number of nitrogens with zero attached hydrogens (tertiary/aromatic N) is 3. The lowest BCUT2D eigenvalue weighted by Gasteiger charge is -2.20. The smallest absolute Gasteiger partial charge is 0.228 e. The molecule has 0 saturated heterocycles. The van der Waals surface area contributed by atoms with Crippen molar-refractivity contribution >= 4 is 33.5 Å². The summed E-state index contributed by atoms with van der Waals surface area (Å²) in [6.07, 6.45) is 7.99. The molecule has 0 bridgehead atoms. The lowest BCUT2D eigenvalue weighted by molar-refractivity contribution is 0.622. The second kappa shape index (κ2) is 11.8. The molecule has 0 unspecified atom stereocenters. The number of rotatable bonds is 12. The van der Waals surface area contributed by atoms with E-state index < -0.39 is 0 Å². The van der Waals surface area contributed by atoms with Gasteiger partial charge in [0.2, 0.25) is 17.1 Å². The highest BCUT2D eigenvalue weighted by Crippen LogP contribution is 2.30. The molecule has 0 spiro atoms. The van der Waals surface area contributed by atoms with Gasteiger partial charge in [0.1, 0.15) is 0 Å². The van der Waals surface area contributed by atoms with E-state index >= 15 is 0 Å². The maximum Gasteiger partial charge on any atom is 0.228 e. The summed E-state index contributed by atoms with van der Waals surface area (Å²) in [5.41, 5.74) is -0.0710. The molecule has 5 nitrogen and oxygen atoms in total. The zero-order valence-electron chi connectivity index (χ0n) is 15.8. The Labute approximate surface area is 155 Å². The molecule has 0 aliphatic rings. The first kappa shape index (κ1) is 21.4. The van der Waals surface area contributed by atoms with Crippen LogP contribution >= 0.6 is 21.6 Å². The summed E-state index contributed by atoms with van der Waals surface area (Å²) in [6, 6.07) is 0. The van der Waals surface area contributed by atoms with Crippen LogP contribution in [0.4, 0.5) is 11.9 Å². The molecule has 0 atom stereocenters. The molecule has 7 heteroatoms. The molecule has 1 heterocycles. The lowest BCUT2D eigenvalue weighted by Crippen LogP contribution is -2.27. The summed E-state index contributed by atoms with van der Waals surface area (Å²) >= 11 is 0. The van der Waals surface area contributed by atoms with Crippen molar-refractivity contribution in [3.05, 3.63) is 0 Å². The number of nitrogens with one attached hydrogen (secondary N) is 2. The fraction of sp³-hybridized carbons (Fsp3) is 0.824. The number of hydrogen-bond acceptors (Lipinski definition) is 7. The van der Waals surface area contributed by atoms with E-state index in [1.165, 1.54) is 38.5 Å². The number of anilines is 2. The van der Waals surface area contributed by atoms with Crippen LogP contribution in [0.15, 0.2) is 5.16 Å². The Morgan fingerprint density at radius 3 is 2.21 bits per heavy atom. The molecule has 0 saturated carbocycles. The van der Waals surface area contributed by atoms with Crippen LogP contribution in [0, 0.1) is 0 Å². The highest BCUT2D eigenvalue weighted by atomic mass is 33.1. The molecular formula is C17H33N5S2. The normalized spacial score (nSPS) is 11.5. The van der Waals surface area contributed by atoms with Gasteiger partial charge >= 0.3 is 0 Å². The zero-order chi connectivity index (χ0) is 17.8. The minimum absolute atomic E-state index is 0.0710. The van der Waals surface area contributed by atoms with Crippen molar-refractivity contribution in [2.45, 2.75) is 83.8 Å². The van der Waals surface area contributed by atoms with Gasteiger partial charge in [-0.25, -0.2) is 0 Å². The van der Waals surface area contributed by atoms with Gasteiger partial charge in [0.15, 0.2) is 0 Å². The molecule has 0 aliphatic heterocycles. The molecule has 0 fully saturated rings. The average Bonchev–Trinajstić information content (AvgIpc) is 2.48. The van der Waals surface area contributed by atoms with Crippen molar-refractivity contribution < 1.29 is 0 Å². The topological polar surface area (TPSA) is 62.7 Å². The van der Waals surface area contributed by atoms with E-state index in [1.54, 1.807) is 10.8 Å². The van der Waals surface area contributed by atoms with Crippen molar-refractivity contribution in [2.75, 3.05) is 22.9 Å². The maximum atomic E-state index is 4.53. The standard InChI is InChI=1S/C17H33N5S2/c1-6-8-9-10-11-12-13-23-24-16-20-14(18-7-2)19-15(21-16)22-17(3,4)5/h6-13H2,1-5H3,(H2,18,19,20,21,22). The van der Waals surface area contributed by atoms with Gasteiger partial charge in [-0.05, 0) is 44.9 Å². The van der Waals surface area contributed by atoms with Crippen LogP contribution in [0.1, 0.15) is 73.1 Å². The monoisotopic (exact) mass is 371 g/mol. The van der Waals surface area contributed by atoms with Crippen LogP contribution in [0.2, 0.25) is 0 Å². The quantitative estimate of drug-likeness (QED) is 0.365. The Morgan fingerprint density at radius 2 is 1.54 bits per heavy atom. The molecule has 0 aliphatic carbocycles. The van der Waals surface area contributed by atoms with Crippen LogP contribution in [-0.4, -0.2) is 32.8 Å². The second-order valence-electron chi connectivity index (χ2n) is 6.84. The third-order valence-electron chi connectivity index (χ3n) is 3.15. The predicted octanol–water partition coefficient (Wildman–Crippen LogP) is 5.61. The zero-order valence-corrected chi connectivity index (χ0v) is 17.4. The maximum absolute atomic E-state index is 4.53. The van der Waals surface area contributed by atoms with Crippen molar-refractivity contribution in [3.8, 4) is 0 Å². The van der Waals surface area contributed by atoms with Crippen LogP contribution in [0.3, 0.4) is 0 Å². The molecule has 1 aromatic heterocycles. The van der Waals surface area contributed by atoms with Gasteiger partial charge in [0, 0.05) is 17.8 Å². The van der Waals surface area contributed by atoms with Gasteiger partial charge in [0.25, 0.3) is 0 Å². The summed E-state index contributed by atoms with van der Waals surface area (Å²) in [5, 5.41) is 7.27. The van der Waals surface area contributed by atoms with Crippen LogP contribution in [0.5, 0.6) is 0 Å². The van der Waals surface area contributed by atoms with E-state index in [1.807, 2.05) is 17.7 Å². The number of aromatic nitrogens is 3. The number of hydrogen-bond donors (Lipinski definition) is 2. The van der Waals surface area contributed by atoms with Crippen molar-refractivity contribution in [2.24, 2.45) is 0 Å². The van der Waals surface area contributed by atoms with E-state index in [4.69, 9.17) is 0 Å². The fourth-order valence-electron chi connectivity index (χ4n) is 2.06. The van der Waals surface area contributed by atoms with Gasteiger partial charge in [-0.15, -0.1) is 0 Å². The van der Waals surface area contributed by atoms with Gasteiger partial charge in [-0.3, -0.25) is 0 Å². The van der Waals surface area contributed by atoms with E-state index in [0.29, 0.717) is 11.9 Å². The Kier molecular flexibility index (Phi) is 10.5. The van der Waals surface area contributed by atoms with Crippen molar-refractivity contribution in [1.82, 2.24) is 15.0 Å². The highest BCUT2D eigenvalue weighted by Gasteiger charge is 2.14. The third-order valence-corrected chi connectivity index (χ3v) is 5.36. The minimum atomic E-state index is -0.0710. The van der Waals surface area contributed by atoms with Crippen LogP contribution < -0.4 is 10.6 Å². The first-order valence-electron chi connectivity index (χ1n) is 9.02. The third kappa shape index (κ3) is 10.2. The Morgan fingerprint density at radius 1 is 0.875 bits per heavy atom. The lowest BCUT2D eigenvalue weighted by atomic mass is 10.1. The van der Waals surface area contributed by atoms with Crippen LogP contribution in [-0.2, 0) is 0 Å². The van der Waals surface area contributed by atoms with E-state index in [-0.39, 0.29) is 5.54 Å². The summed E-state index contributed by atoms with van der Waals surface area (Å²) in [6.45, 7) is 11.4. The van der Waals surface area contributed by atoms with Crippen LogP contribution in [0.25, 0.3) is 0 Å². The molecule has 1 aromatic rings. The summed E-state index contributed by atoms with van der Waals surface area (Å²) < 4.78 is 0. The van der Waals surface area contributed by atoms with Gasteiger partial charge in [0.05, 0.1) is 0 Å². The minimum Gasteiger partial charge on any atom is -0.354 e. The highest BCUT2D eigenvalue weighted by molar-refractivity contribution is 8.76. The first-order valence-corrected chi connectivity index (χ1v) is 11.3. The molecule has 24 heavy (non-hydrogen) atoms. The summed E-state index contributed by atoms with van der Waals surface area (Å²) in [4.78, 5) is 13.4. The Hall–Kier alpha value is -0.690. The second-order valence-corrected chi connectivity index (χ2v) is 9.23. The van der Waals surface area contributed by atoms with Crippen molar-refractivity contribution in [1.29, 1.82) is 0 Å². The molecular weight excluding hydrogens is 338 g/mol. The SMILES string of the molecule is CCCCCCCCSSc1nc(NCC)nc(NC(C)(C)C)n1. The molecule has 2 N–H and O–H groups in total. The van der Waals surface area contributed by atoms with Gasteiger partial charge in [-0.2, -0.15) is 15.0 Å². The van der Waals surface area contributed by atoms with E-state index in [9.17, 15) is 0 Å². The predicted molar refractivity (Wildman–Crippen MR) is 109 cm³/mol. The van der Waals surface area contributed by atoms with E-state index in [0.717, 1.165) is 17.5 Å². The summed E-state index contributed by atoms with van der Waals surface area (Å²) in [7, 11) is 3.48. The number of unbranched alkanes of at least 4 members (excludes halogenated alkanes) is 5. The molecule has 1 rings (SSSR count). The summed E-state index contributed by atoms with van der Waals surface area (Å²) in [5.74, 6) is 2.42. The molecule has 0 amide bonds. The van der Waals surface area contributed by atoms with Gasteiger partial charge in [-0.1, -0.05) is 49.8 Å².